The molecule has 0 bridgehead atoms. The minimum absolute atomic E-state index is 0. The summed E-state index contributed by atoms with van der Waals surface area (Å²) in [7, 11) is 0. The van der Waals surface area contributed by atoms with Crippen molar-refractivity contribution in [3.8, 4) is 11.5 Å². The lowest BCUT2D eigenvalue weighted by atomic mass is 10.1. The van der Waals surface area contributed by atoms with Crippen molar-refractivity contribution in [3.63, 3.8) is 0 Å². The van der Waals surface area contributed by atoms with Crippen LogP contribution in [0.5, 0.6) is 11.5 Å². The molecule has 8 nitrogen and oxygen atoms in total. The number of nitrogens with one attached hydrogen (secondary N) is 2. The van der Waals surface area contributed by atoms with Crippen LogP contribution in [0.2, 0.25) is 5.02 Å². The molecule has 2 aromatic heterocycles. The van der Waals surface area contributed by atoms with Crippen LogP contribution in [0, 0.1) is 12.7 Å². The molecule has 10 heteroatoms. The van der Waals surface area contributed by atoms with E-state index in [1.54, 1.807) is 6.07 Å². The third-order valence-corrected chi connectivity index (χ3v) is 7.15. The molecule has 0 saturated heterocycles. The van der Waals surface area contributed by atoms with E-state index in [0.29, 0.717) is 22.8 Å². The summed E-state index contributed by atoms with van der Waals surface area (Å²) in [4.78, 5) is 16.9. The highest BCUT2D eigenvalue weighted by Gasteiger charge is 2.13. The largest absolute Gasteiger partial charge is 0.454 e. The number of nitrogens with zero attached hydrogens (tertiary/aromatic N) is 4. The summed E-state index contributed by atoms with van der Waals surface area (Å²) < 4.78 is 24.1. The van der Waals surface area contributed by atoms with Gasteiger partial charge >= 0.3 is 0 Å². The molecule has 44 heavy (non-hydrogen) atoms. The standard InChI is InChI=1S/C17H16FN3.C16H12ClN3O2.CH4/c1-12-2-4-13(5-3-12)8-9-19-17-15-10-14(18)6-7-16(15)20-11-21-17;17-11-2-3-13-12(6-11)16(20-8-19-13)18-7-10-1-4-14-15(5-10)22-9-21-14;/h2-7,10-11H,8-9H2,1H3,(H,19,20,21);1-6,8H,7,9H2,(H,18,19,20);1H4. The molecule has 7 rings (SSSR count). The first-order valence-corrected chi connectivity index (χ1v) is 14.1. The first-order valence-electron chi connectivity index (χ1n) is 13.7. The van der Waals surface area contributed by atoms with E-state index in [1.807, 2.05) is 36.4 Å². The first kappa shape index (κ1) is 30.4. The van der Waals surface area contributed by atoms with Gasteiger partial charge in [-0.05, 0) is 73.0 Å². The topological polar surface area (TPSA) is 94.1 Å². The summed E-state index contributed by atoms with van der Waals surface area (Å²) in [6.07, 6.45) is 3.92. The maximum atomic E-state index is 13.4. The number of fused-ring (bicyclic) bond motifs is 3. The number of aryl methyl sites for hydroxylation is 1. The number of hydrogen-bond donors (Lipinski definition) is 2. The highest BCUT2D eigenvalue weighted by atomic mass is 35.5. The number of halogens is 2. The number of aromatic nitrogens is 4. The fraction of sp³-hybridized carbons (Fsp3) is 0.176. The lowest BCUT2D eigenvalue weighted by Crippen LogP contribution is -2.07. The quantitative estimate of drug-likeness (QED) is 0.188. The summed E-state index contributed by atoms with van der Waals surface area (Å²) in [5, 5.41) is 8.85. The number of hydrogen-bond acceptors (Lipinski definition) is 8. The first-order chi connectivity index (χ1) is 21.0. The van der Waals surface area contributed by atoms with E-state index in [0.717, 1.165) is 52.3 Å². The average molecular weight is 611 g/mol. The Morgan fingerprint density at radius 3 is 2.16 bits per heavy atom. The second kappa shape index (κ2) is 14.0. The van der Waals surface area contributed by atoms with E-state index in [2.05, 4.69) is 61.8 Å². The Balaban J connectivity index is 0.000000171. The average Bonchev–Trinajstić information content (AvgIpc) is 3.50. The minimum atomic E-state index is -0.279. The van der Waals surface area contributed by atoms with Crippen LogP contribution in [0.25, 0.3) is 21.8 Å². The molecule has 0 radical (unpaired) electrons. The van der Waals surface area contributed by atoms with E-state index >= 15 is 0 Å². The molecule has 0 amide bonds. The Hall–Kier alpha value is -5.02. The van der Waals surface area contributed by atoms with Crippen LogP contribution < -0.4 is 20.1 Å². The van der Waals surface area contributed by atoms with E-state index in [4.69, 9.17) is 21.1 Å². The maximum Gasteiger partial charge on any atom is 0.231 e. The number of rotatable bonds is 7. The number of anilines is 2. The van der Waals surface area contributed by atoms with Gasteiger partial charge in [-0.2, -0.15) is 0 Å². The molecule has 224 valence electrons. The summed E-state index contributed by atoms with van der Waals surface area (Å²) in [5.41, 5.74) is 5.19. The molecule has 0 aliphatic carbocycles. The molecule has 0 atom stereocenters. The third-order valence-electron chi connectivity index (χ3n) is 6.92. The van der Waals surface area contributed by atoms with Gasteiger partial charge < -0.3 is 20.1 Å². The summed E-state index contributed by atoms with van der Waals surface area (Å²) in [5.74, 6) is 2.70. The van der Waals surface area contributed by atoms with Gasteiger partial charge in [-0.15, -0.1) is 0 Å². The number of ether oxygens (including phenoxy) is 2. The molecule has 4 aromatic carbocycles. The van der Waals surface area contributed by atoms with Crippen molar-refractivity contribution in [1.82, 2.24) is 19.9 Å². The van der Waals surface area contributed by atoms with E-state index < -0.39 is 0 Å². The van der Waals surface area contributed by atoms with Gasteiger partial charge in [0.1, 0.15) is 30.1 Å². The SMILES string of the molecule is C.Cc1ccc(CCNc2ncnc3ccc(F)cc23)cc1.Clc1ccc2ncnc(NCc3ccc4c(c3)OCO4)c2c1. The molecule has 3 heterocycles. The molecule has 0 unspecified atom stereocenters. The smallest absolute Gasteiger partial charge is 0.231 e. The maximum absolute atomic E-state index is 13.4. The van der Waals surface area contributed by atoms with Gasteiger partial charge in [0, 0.05) is 28.9 Å². The number of benzene rings is 4. The highest BCUT2D eigenvalue weighted by molar-refractivity contribution is 6.31. The zero-order valence-electron chi connectivity index (χ0n) is 23.3. The zero-order valence-corrected chi connectivity index (χ0v) is 24.1. The molecule has 0 fully saturated rings. The monoisotopic (exact) mass is 610 g/mol. The lowest BCUT2D eigenvalue weighted by molar-refractivity contribution is 0.174. The molecule has 6 aromatic rings. The molecular formula is C34H32ClFN6O2. The lowest BCUT2D eigenvalue weighted by Gasteiger charge is -2.09. The Morgan fingerprint density at radius 1 is 0.727 bits per heavy atom. The predicted molar refractivity (Wildman–Crippen MR) is 174 cm³/mol. The van der Waals surface area contributed by atoms with Crippen LogP contribution in [0.15, 0.2) is 91.5 Å². The van der Waals surface area contributed by atoms with E-state index in [-0.39, 0.29) is 20.0 Å². The van der Waals surface area contributed by atoms with Gasteiger partial charge in [-0.25, -0.2) is 24.3 Å². The highest BCUT2D eigenvalue weighted by Crippen LogP contribution is 2.33. The van der Waals surface area contributed by atoms with Crippen molar-refractivity contribution in [2.75, 3.05) is 24.0 Å². The van der Waals surface area contributed by atoms with Crippen LogP contribution in [0.1, 0.15) is 24.1 Å². The Morgan fingerprint density at radius 2 is 1.39 bits per heavy atom. The van der Waals surface area contributed by atoms with Crippen molar-refractivity contribution in [2.45, 2.75) is 27.3 Å². The Kier molecular flexibility index (Phi) is 9.66. The van der Waals surface area contributed by atoms with Crippen LogP contribution in [0.4, 0.5) is 16.0 Å². The van der Waals surface area contributed by atoms with Gasteiger partial charge in [-0.1, -0.05) is 54.9 Å². The molecule has 1 aliphatic rings. The van der Waals surface area contributed by atoms with Crippen molar-refractivity contribution >= 4 is 45.0 Å². The van der Waals surface area contributed by atoms with Crippen LogP contribution in [-0.2, 0) is 13.0 Å². The van der Waals surface area contributed by atoms with E-state index in [1.165, 1.54) is 35.9 Å². The van der Waals surface area contributed by atoms with Crippen molar-refractivity contribution < 1.29 is 13.9 Å². The van der Waals surface area contributed by atoms with Crippen LogP contribution in [0.3, 0.4) is 0 Å². The summed E-state index contributed by atoms with van der Waals surface area (Å²) >= 11 is 6.06. The van der Waals surface area contributed by atoms with Crippen molar-refractivity contribution in [2.24, 2.45) is 0 Å². The van der Waals surface area contributed by atoms with Crippen LogP contribution >= 0.6 is 11.6 Å². The normalized spacial score (nSPS) is 11.4. The van der Waals surface area contributed by atoms with Gasteiger partial charge in [0.05, 0.1) is 11.0 Å². The third kappa shape index (κ3) is 7.30. The molecule has 1 aliphatic heterocycles. The van der Waals surface area contributed by atoms with Gasteiger partial charge in [-0.3, -0.25) is 0 Å². The van der Waals surface area contributed by atoms with Gasteiger partial charge in [0.25, 0.3) is 0 Å². The summed E-state index contributed by atoms with van der Waals surface area (Å²) in [6, 6.07) is 24.4. The second-order valence-electron chi connectivity index (χ2n) is 9.97. The Bertz CT molecular complexity index is 1890. The van der Waals surface area contributed by atoms with Crippen molar-refractivity contribution in [1.29, 1.82) is 0 Å². The molecule has 0 saturated carbocycles. The van der Waals surface area contributed by atoms with Gasteiger partial charge in [0.15, 0.2) is 11.5 Å². The fourth-order valence-corrected chi connectivity index (χ4v) is 4.83. The summed E-state index contributed by atoms with van der Waals surface area (Å²) in [6.45, 7) is 3.71. The predicted octanol–water partition coefficient (Wildman–Crippen LogP) is 7.99. The fourth-order valence-electron chi connectivity index (χ4n) is 4.66. The minimum Gasteiger partial charge on any atom is -0.454 e. The van der Waals surface area contributed by atoms with E-state index in [9.17, 15) is 4.39 Å². The van der Waals surface area contributed by atoms with Crippen molar-refractivity contribution in [3.05, 3.63) is 119 Å². The van der Waals surface area contributed by atoms with Gasteiger partial charge in [0.2, 0.25) is 6.79 Å². The molecular weight excluding hydrogens is 579 g/mol. The zero-order chi connectivity index (χ0) is 29.6. The second-order valence-corrected chi connectivity index (χ2v) is 10.4. The molecule has 0 spiro atoms. The van der Waals surface area contributed by atoms with Crippen LogP contribution in [-0.4, -0.2) is 33.3 Å². The Labute approximate surface area is 260 Å². The molecule has 2 N–H and O–H groups in total.